The maximum atomic E-state index is 13.7. The van der Waals surface area contributed by atoms with Crippen LogP contribution < -0.4 is 19.5 Å². The second-order valence-corrected chi connectivity index (χ2v) is 11.0. The second kappa shape index (κ2) is 11.1. The first-order valence-corrected chi connectivity index (χ1v) is 14.4. The third-order valence-electron chi connectivity index (χ3n) is 8.78. The topological polar surface area (TPSA) is 97.3 Å². The van der Waals surface area contributed by atoms with Gasteiger partial charge in [-0.2, -0.15) is 0 Å². The molecule has 6 rings (SSSR count). The monoisotopic (exact) mass is 556 g/mol. The first-order chi connectivity index (χ1) is 19.9. The number of nitrogens with one attached hydrogen (secondary N) is 1. The zero-order chi connectivity index (χ0) is 28.7. The van der Waals surface area contributed by atoms with Crippen molar-refractivity contribution in [3.63, 3.8) is 0 Å². The van der Waals surface area contributed by atoms with Crippen LogP contribution in [0.5, 0.6) is 17.2 Å². The average Bonchev–Trinajstić information content (AvgIpc) is 3.71. The van der Waals surface area contributed by atoms with E-state index in [2.05, 4.69) is 25.2 Å². The number of ether oxygens (including phenoxy) is 3. The van der Waals surface area contributed by atoms with E-state index in [1.165, 1.54) is 0 Å². The van der Waals surface area contributed by atoms with E-state index in [1.807, 2.05) is 54.3 Å². The highest BCUT2D eigenvalue weighted by molar-refractivity contribution is 5.94. The van der Waals surface area contributed by atoms with Crippen LogP contribution in [-0.2, 0) is 28.9 Å². The van der Waals surface area contributed by atoms with Crippen LogP contribution in [0.4, 0.5) is 5.69 Å². The van der Waals surface area contributed by atoms with Crippen LogP contribution in [-0.4, -0.2) is 48.4 Å². The minimum atomic E-state index is -0.888. The lowest BCUT2D eigenvalue weighted by molar-refractivity contribution is -0.143. The number of rotatable bonds is 8. The molecule has 3 aliphatic rings. The van der Waals surface area contributed by atoms with Gasteiger partial charge in [0.1, 0.15) is 5.75 Å². The number of hydrogen-bond donors (Lipinski definition) is 2. The summed E-state index contributed by atoms with van der Waals surface area (Å²) >= 11 is 0. The Morgan fingerprint density at radius 3 is 2.49 bits per heavy atom. The first-order valence-electron chi connectivity index (χ1n) is 14.4. The van der Waals surface area contributed by atoms with Gasteiger partial charge < -0.3 is 24.6 Å². The number of carbonyl (C=O) groups excluding carboxylic acids is 1. The number of carboxylic acid groups (broad SMARTS) is 1. The summed E-state index contributed by atoms with van der Waals surface area (Å²) in [5.74, 6) is 0.0222. The van der Waals surface area contributed by atoms with Gasteiger partial charge in [-0.05, 0) is 65.3 Å². The Bertz CT molecular complexity index is 1480. The highest BCUT2D eigenvalue weighted by atomic mass is 16.7. The van der Waals surface area contributed by atoms with Gasteiger partial charge in [-0.1, -0.05) is 50.2 Å². The lowest BCUT2D eigenvalue weighted by Gasteiger charge is -2.27. The summed E-state index contributed by atoms with van der Waals surface area (Å²) in [4.78, 5) is 28.7. The smallest absolute Gasteiger partial charge is 0.309 e. The van der Waals surface area contributed by atoms with Crippen LogP contribution in [0.25, 0.3) is 0 Å². The molecule has 0 unspecified atom stereocenters. The quantitative estimate of drug-likeness (QED) is 0.391. The maximum Gasteiger partial charge on any atom is 0.309 e. The molecule has 0 saturated carbocycles. The van der Waals surface area contributed by atoms with Crippen molar-refractivity contribution in [3.05, 3.63) is 81.9 Å². The fourth-order valence-corrected chi connectivity index (χ4v) is 6.79. The summed E-state index contributed by atoms with van der Waals surface area (Å²) < 4.78 is 17.0. The molecule has 8 nitrogen and oxygen atoms in total. The molecule has 0 bridgehead atoms. The fraction of sp³-hybridized carbons (Fsp3) is 0.394. The van der Waals surface area contributed by atoms with Crippen LogP contribution in [0.1, 0.15) is 59.2 Å². The maximum absolute atomic E-state index is 13.7. The molecule has 41 heavy (non-hydrogen) atoms. The van der Waals surface area contributed by atoms with E-state index in [-0.39, 0.29) is 25.2 Å². The number of carbonyl (C=O) groups is 2. The lowest BCUT2D eigenvalue weighted by atomic mass is 9.81. The standard InChI is InChI=1S/C33H36N2O6/c1-4-20-7-6-8-21(5-2)30(20)34-28(36)17-35-16-25(24-10-12-27-32(19(24)3)41-18-40-27)29(33(37)38)31(35)23-9-11-26-22(15-23)13-14-39-26/h6-12,15,25,29,31H,4-5,13-14,16-18H2,1-3H3,(H,34,36)(H,37,38)/t25-,29-,31+/m1/s1. The third kappa shape index (κ3) is 4.90. The highest BCUT2D eigenvalue weighted by Gasteiger charge is 2.48. The summed E-state index contributed by atoms with van der Waals surface area (Å²) in [6.07, 6.45) is 2.39. The van der Waals surface area contributed by atoms with Gasteiger partial charge in [0.25, 0.3) is 0 Å². The zero-order valence-electron chi connectivity index (χ0n) is 23.7. The minimum Gasteiger partial charge on any atom is -0.493 e. The number of benzene rings is 3. The third-order valence-corrected chi connectivity index (χ3v) is 8.78. The Balaban J connectivity index is 1.37. The number of anilines is 1. The number of amides is 1. The molecule has 1 saturated heterocycles. The summed E-state index contributed by atoms with van der Waals surface area (Å²) in [5, 5.41) is 13.9. The Kier molecular flexibility index (Phi) is 7.34. The summed E-state index contributed by atoms with van der Waals surface area (Å²) in [7, 11) is 0. The SMILES string of the molecule is CCc1cccc(CC)c1NC(=O)CN1C[C@H](c2ccc3c(c2C)OCO3)[C@@H](C(=O)O)[C@@H]1c1ccc2c(c1)CCO2. The molecule has 8 heteroatoms. The van der Waals surface area contributed by atoms with Crippen molar-refractivity contribution in [2.24, 2.45) is 5.92 Å². The van der Waals surface area contributed by atoms with Gasteiger partial charge in [0.05, 0.1) is 19.1 Å². The van der Waals surface area contributed by atoms with Gasteiger partial charge in [-0.15, -0.1) is 0 Å². The summed E-state index contributed by atoms with van der Waals surface area (Å²) in [6, 6.07) is 15.4. The Labute approximate surface area is 240 Å². The number of likely N-dealkylation sites (tertiary alicyclic amines) is 1. The van der Waals surface area contributed by atoms with Crippen LogP contribution in [0, 0.1) is 12.8 Å². The van der Waals surface area contributed by atoms with E-state index in [9.17, 15) is 14.7 Å². The Morgan fingerprint density at radius 1 is 1.00 bits per heavy atom. The van der Waals surface area contributed by atoms with Gasteiger partial charge in [0, 0.05) is 30.6 Å². The number of nitrogens with zero attached hydrogens (tertiary/aromatic N) is 1. The van der Waals surface area contributed by atoms with Crippen LogP contribution in [0.3, 0.4) is 0 Å². The van der Waals surface area contributed by atoms with Crippen molar-refractivity contribution in [1.82, 2.24) is 4.90 Å². The molecule has 1 fully saturated rings. The van der Waals surface area contributed by atoms with Gasteiger partial charge in [0.2, 0.25) is 12.7 Å². The lowest BCUT2D eigenvalue weighted by Crippen LogP contribution is -2.35. The molecule has 0 aliphatic carbocycles. The number of aliphatic carboxylic acids is 1. The number of hydrogen-bond acceptors (Lipinski definition) is 6. The van der Waals surface area contributed by atoms with E-state index in [4.69, 9.17) is 14.2 Å². The largest absolute Gasteiger partial charge is 0.493 e. The summed E-state index contributed by atoms with van der Waals surface area (Å²) in [5.41, 5.74) is 6.79. The molecule has 3 aromatic carbocycles. The van der Waals surface area contributed by atoms with E-state index in [0.29, 0.717) is 24.7 Å². The molecule has 0 aromatic heterocycles. The van der Waals surface area contributed by atoms with Crippen molar-refractivity contribution in [2.75, 3.05) is 31.8 Å². The number of aryl methyl sites for hydroxylation is 2. The van der Waals surface area contributed by atoms with E-state index in [0.717, 1.165) is 64.1 Å². The Hall–Kier alpha value is -4.04. The van der Waals surface area contributed by atoms with E-state index < -0.39 is 17.9 Å². The van der Waals surface area contributed by atoms with E-state index >= 15 is 0 Å². The van der Waals surface area contributed by atoms with Crippen LogP contribution in [0.15, 0.2) is 48.5 Å². The predicted molar refractivity (Wildman–Crippen MR) is 155 cm³/mol. The number of para-hydroxylation sites is 1. The van der Waals surface area contributed by atoms with Crippen LogP contribution >= 0.6 is 0 Å². The van der Waals surface area contributed by atoms with Gasteiger partial charge in [0.15, 0.2) is 11.5 Å². The van der Waals surface area contributed by atoms with Crippen molar-refractivity contribution in [3.8, 4) is 17.2 Å². The fourth-order valence-electron chi connectivity index (χ4n) is 6.79. The number of carboxylic acids is 1. The second-order valence-electron chi connectivity index (χ2n) is 11.0. The molecule has 3 atom stereocenters. The number of fused-ring (bicyclic) bond motifs is 2. The molecule has 214 valence electrons. The molecule has 2 N–H and O–H groups in total. The molecule has 3 aliphatic heterocycles. The first kappa shape index (κ1) is 27.1. The highest BCUT2D eigenvalue weighted by Crippen LogP contribution is 2.50. The molecule has 0 spiro atoms. The van der Waals surface area contributed by atoms with Gasteiger partial charge in [-0.25, -0.2) is 0 Å². The van der Waals surface area contributed by atoms with Crippen molar-refractivity contribution in [1.29, 1.82) is 0 Å². The zero-order valence-corrected chi connectivity index (χ0v) is 23.7. The predicted octanol–water partition coefficient (Wildman–Crippen LogP) is 5.26. The molecule has 3 heterocycles. The molecule has 0 radical (unpaired) electrons. The van der Waals surface area contributed by atoms with Crippen molar-refractivity contribution >= 4 is 17.6 Å². The normalized spacial score (nSPS) is 21.0. The minimum absolute atomic E-state index is 0.0728. The molecular weight excluding hydrogens is 520 g/mol. The summed E-state index contributed by atoms with van der Waals surface area (Å²) in [6.45, 7) is 7.36. The Morgan fingerprint density at radius 2 is 1.76 bits per heavy atom. The van der Waals surface area contributed by atoms with E-state index in [1.54, 1.807) is 0 Å². The van der Waals surface area contributed by atoms with Gasteiger partial charge in [-0.3, -0.25) is 14.5 Å². The van der Waals surface area contributed by atoms with Crippen molar-refractivity contribution in [2.45, 2.75) is 52.0 Å². The molecule has 3 aromatic rings. The average molecular weight is 557 g/mol. The van der Waals surface area contributed by atoms with Gasteiger partial charge >= 0.3 is 5.97 Å². The molecule has 1 amide bonds. The van der Waals surface area contributed by atoms with Crippen LogP contribution in [0.2, 0.25) is 0 Å². The molecular formula is C33H36N2O6. The van der Waals surface area contributed by atoms with Crippen molar-refractivity contribution < 1.29 is 28.9 Å².